The van der Waals surface area contributed by atoms with E-state index in [9.17, 15) is 13.9 Å². The average molecular weight is 331 g/mol. The molecule has 2 rings (SSSR count). The monoisotopic (exact) mass is 330 g/mol. The van der Waals surface area contributed by atoms with Crippen LogP contribution in [-0.4, -0.2) is 14.9 Å². The van der Waals surface area contributed by atoms with E-state index in [1.807, 2.05) is 6.92 Å². The molecule has 3 nitrogen and oxygen atoms in total. The SMILES string of the molecule is CCn1nc(CO)c(C)c1-c1cc(F)c(Br)c(F)c1. The van der Waals surface area contributed by atoms with Gasteiger partial charge in [0, 0.05) is 17.7 Å². The van der Waals surface area contributed by atoms with Gasteiger partial charge >= 0.3 is 0 Å². The lowest BCUT2D eigenvalue weighted by atomic mass is 10.1. The van der Waals surface area contributed by atoms with Crippen molar-refractivity contribution in [2.45, 2.75) is 27.0 Å². The average Bonchev–Trinajstić information content (AvgIpc) is 2.71. The van der Waals surface area contributed by atoms with Gasteiger partial charge in [-0.05, 0) is 41.9 Å². The Morgan fingerprint density at radius 3 is 2.37 bits per heavy atom. The lowest BCUT2D eigenvalue weighted by molar-refractivity contribution is 0.274. The summed E-state index contributed by atoms with van der Waals surface area (Å²) in [7, 11) is 0. The van der Waals surface area contributed by atoms with Crippen LogP contribution in [0, 0.1) is 18.6 Å². The molecule has 1 aromatic carbocycles. The number of aryl methyl sites for hydroxylation is 1. The first-order chi connectivity index (χ1) is 8.99. The molecule has 0 atom stereocenters. The third-order valence-electron chi connectivity index (χ3n) is 2.99. The second-order valence-electron chi connectivity index (χ2n) is 4.15. The van der Waals surface area contributed by atoms with Gasteiger partial charge in [-0.25, -0.2) is 8.78 Å². The smallest absolute Gasteiger partial charge is 0.141 e. The third kappa shape index (κ3) is 2.42. The number of aliphatic hydroxyl groups excluding tert-OH is 1. The van der Waals surface area contributed by atoms with E-state index in [0.717, 1.165) is 5.56 Å². The van der Waals surface area contributed by atoms with Crippen molar-refractivity contribution < 1.29 is 13.9 Å². The van der Waals surface area contributed by atoms with Crippen LogP contribution in [0.1, 0.15) is 18.2 Å². The third-order valence-corrected chi connectivity index (χ3v) is 3.75. The zero-order valence-electron chi connectivity index (χ0n) is 10.5. The van der Waals surface area contributed by atoms with Gasteiger partial charge in [-0.3, -0.25) is 4.68 Å². The number of aliphatic hydroxyl groups is 1. The minimum Gasteiger partial charge on any atom is -0.390 e. The van der Waals surface area contributed by atoms with Crippen molar-refractivity contribution in [3.63, 3.8) is 0 Å². The number of halogens is 3. The zero-order valence-corrected chi connectivity index (χ0v) is 12.1. The topological polar surface area (TPSA) is 38.0 Å². The maximum atomic E-state index is 13.6. The van der Waals surface area contributed by atoms with Crippen molar-refractivity contribution in [3.05, 3.63) is 39.5 Å². The summed E-state index contributed by atoms with van der Waals surface area (Å²) in [5.41, 5.74) is 2.27. The summed E-state index contributed by atoms with van der Waals surface area (Å²) < 4.78 is 28.7. The zero-order chi connectivity index (χ0) is 14.2. The Bertz CT molecular complexity index is 602. The van der Waals surface area contributed by atoms with Gasteiger partial charge in [-0.1, -0.05) is 0 Å². The van der Waals surface area contributed by atoms with Crippen molar-refractivity contribution in [1.82, 2.24) is 9.78 Å². The first kappa shape index (κ1) is 14.1. The van der Waals surface area contributed by atoms with E-state index in [2.05, 4.69) is 21.0 Å². The molecule has 0 bridgehead atoms. The Kier molecular flexibility index (Phi) is 4.01. The Labute approximate surface area is 118 Å². The predicted molar refractivity (Wildman–Crippen MR) is 71.6 cm³/mol. The molecule has 0 radical (unpaired) electrons. The standard InChI is InChI=1S/C13H13BrF2N2O/c1-3-18-13(7(2)11(6-19)17-18)8-4-9(15)12(14)10(16)5-8/h4-5,19H,3,6H2,1-2H3. The molecule has 1 aromatic heterocycles. The van der Waals surface area contributed by atoms with Crippen LogP contribution in [0.25, 0.3) is 11.3 Å². The lowest BCUT2D eigenvalue weighted by Crippen LogP contribution is -2.01. The largest absolute Gasteiger partial charge is 0.390 e. The van der Waals surface area contributed by atoms with Crippen molar-refractivity contribution in [2.75, 3.05) is 0 Å². The molecule has 6 heteroatoms. The molecule has 0 unspecified atom stereocenters. The molecule has 102 valence electrons. The Hall–Kier alpha value is -1.27. The van der Waals surface area contributed by atoms with E-state index in [1.165, 1.54) is 12.1 Å². The van der Waals surface area contributed by atoms with E-state index in [0.29, 0.717) is 23.5 Å². The summed E-state index contributed by atoms with van der Waals surface area (Å²) in [5, 5.41) is 13.4. The van der Waals surface area contributed by atoms with Crippen molar-refractivity contribution in [3.8, 4) is 11.3 Å². The molecule has 0 saturated carbocycles. The summed E-state index contributed by atoms with van der Waals surface area (Å²) in [5.74, 6) is -1.33. The number of nitrogens with zero attached hydrogens (tertiary/aromatic N) is 2. The van der Waals surface area contributed by atoms with Gasteiger partial charge in [0.15, 0.2) is 0 Å². The van der Waals surface area contributed by atoms with Crippen LogP contribution in [-0.2, 0) is 13.2 Å². The fraction of sp³-hybridized carbons (Fsp3) is 0.308. The molecule has 1 N–H and O–H groups in total. The second-order valence-corrected chi connectivity index (χ2v) is 4.94. The van der Waals surface area contributed by atoms with E-state index in [-0.39, 0.29) is 11.1 Å². The number of hydrogen-bond acceptors (Lipinski definition) is 2. The summed E-state index contributed by atoms with van der Waals surface area (Å²) in [6, 6.07) is 2.51. The molecule has 0 amide bonds. The van der Waals surface area contributed by atoms with E-state index in [4.69, 9.17) is 0 Å². The normalized spacial score (nSPS) is 11.1. The summed E-state index contributed by atoms with van der Waals surface area (Å²) >= 11 is 2.85. The highest BCUT2D eigenvalue weighted by Crippen LogP contribution is 2.30. The molecule has 0 fully saturated rings. The van der Waals surface area contributed by atoms with Gasteiger partial charge < -0.3 is 5.11 Å². The van der Waals surface area contributed by atoms with Gasteiger partial charge in [0.2, 0.25) is 0 Å². The Morgan fingerprint density at radius 1 is 1.32 bits per heavy atom. The molecule has 0 saturated heterocycles. The van der Waals surface area contributed by atoms with Crippen molar-refractivity contribution >= 4 is 15.9 Å². The molecule has 0 aliphatic heterocycles. The van der Waals surface area contributed by atoms with Gasteiger partial charge in [0.05, 0.1) is 22.5 Å². The van der Waals surface area contributed by atoms with E-state index in [1.54, 1.807) is 11.6 Å². The highest BCUT2D eigenvalue weighted by molar-refractivity contribution is 9.10. The first-order valence-electron chi connectivity index (χ1n) is 5.81. The number of hydrogen-bond donors (Lipinski definition) is 1. The minimum absolute atomic E-state index is 0.182. The lowest BCUT2D eigenvalue weighted by Gasteiger charge is -2.08. The van der Waals surface area contributed by atoms with E-state index < -0.39 is 11.6 Å². The second kappa shape index (κ2) is 5.38. The minimum atomic E-state index is -0.663. The molecule has 2 aromatic rings. The van der Waals surface area contributed by atoms with Crippen LogP contribution in [0.4, 0.5) is 8.78 Å². The van der Waals surface area contributed by atoms with Crippen LogP contribution in [0.2, 0.25) is 0 Å². The van der Waals surface area contributed by atoms with Crippen LogP contribution in [0.15, 0.2) is 16.6 Å². The number of benzene rings is 1. The summed E-state index contributed by atoms with van der Waals surface area (Å²) in [6.07, 6.45) is 0. The van der Waals surface area contributed by atoms with Crippen LogP contribution in [0.5, 0.6) is 0 Å². The fourth-order valence-electron chi connectivity index (χ4n) is 2.04. The number of aromatic nitrogens is 2. The van der Waals surface area contributed by atoms with Crippen LogP contribution >= 0.6 is 15.9 Å². The molecule has 0 spiro atoms. The highest BCUT2D eigenvalue weighted by Gasteiger charge is 2.17. The van der Waals surface area contributed by atoms with Crippen molar-refractivity contribution in [1.29, 1.82) is 0 Å². The molecule has 0 aliphatic carbocycles. The predicted octanol–water partition coefficient (Wildman–Crippen LogP) is 3.41. The van der Waals surface area contributed by atoms with Crippen molar-refractivity contribution in [2.24, 2.45) is 0 Å². The Morgan fingerprint density at radius 2 is 1.89 bits per heavy atom. The molecule has 0 aliphatic rings. The van der Waals surface area contributed by atoms with Crippen LogP contribution < -0.4 is 0 Å². The molecular formula is C13H13BrF2N2O. The molecule has 19 heavy (non-hydrogen) atoms. The van der Waals surface area contributed by atoms with Crippen LogP contribution in [0.3, 0.4) is 0 Å². The van der Waals surface area contributed by atoms with E-state index >= 15 is 0 Å². The highest BCUT2D eigenvalue weighted by atomic mass is 79.9. The summed E-state index contributed by atoms with van der Waals surface area (Å²) in [6.45, 7) is 4.00. The quantitative estimate of drug-likeness (QED) is 0.876. The Balaban J connectivity index is 2.68. The number of rotatable bonds is 3. The molecular weight excluding hydrogens is 318 g/mol. The van der Waals surface area contributed by atoms with Gasteiger partial charge in [0.1, 0.15) is 11.6 Å². The maximum Gasteiger partial charge on any atom is 0.141 e. The molecule has 1 heterocycles. The van der Waals surface area contributed by atoms with Gasteiger partial charge in [-0.2, -0.15) is 5.10 Å². The first-order valence-corrected chi connectivity index (χ1v) is 6.60. The summed E-state index contributed by atoms with van der Waals surface area (Å²) in [4.78, 5) is 0. The fourth-order valence-corrected chi connectivity index (χ4v) is 2.27. The maximum absolute atomic E-state index is 13.6. The van der Waals surface area contributed by atoms with Gasteiger partial charge in [-0.15, -0.1) is 0 Å². The van der Waals surface area contributed by atoms with Gasteiger partial charge in [0.25, 0.3) is 0 Å².